The van der Waals surface area contributed by atoms with Crippen molar-refractivity contribution in [1.29, 1.82) is 0 Å². The van der Waals surface area contributed by atoms with Crippen LogP contribution in [-0.4, -0.2) is 12.6 Å². The largest absolute Gasteiger partial charge is 0.494 e. The van der Waals surface area contributed by atoms with Gasteiger partial charge in [-0.1, -0.05) is 26.8 Å². The van der Waals surface area contributed by atoms with Gasteiger partial charge in [-0.05, 0) is 43.2 Å². The van der Waals surface area contributed by atoms with E-state index in [4.69, 9.17) is 4.74 Å². The maximum absolute atomic E-state index is 5.66. The second-order valence-corrected chi connectivity index (χ2v) is 6.12. The Hall–Kier alpha value is -1.18. The third-order valence-corrected chi connectivity index (χ3v) is 3.65. The Morgan fingerprint density at radius 3 is 2.89 bits per heavy atom. The van der Waals surface area contributed by atoms with Crippen molar-refractivity contribution in [2.24, 2.45) is 5.41 Å². The summed E-state index contributed by atoms with van der Waals surface area (Å²) in [5.41, 5.74) is 1.68. The SMILES string of the molecule is CCCOc1cccc(NC2CCC(C)(C)C2)c1. The van der Waals surface area contributed by atoms with Crippen molar-refractivity contribution in [2.45, 2.75) is 52.5 Å². The van der Waals surface area contributed by atoms with Crippen molar-refractivity contribution in [1.82, 2.24) is 0 Å². The van der Waals surface area contributed by atoms with E-state index >= 15 is 0 Å². The fourth-order valence-electron chi connectivity index (χ4n) is 2.69. The molecule has 0 aromatic heterocycles. The maximum Gasteiger partial charge on any atom is 0.121 e. The van der Waals surface area contributed by atoms with Crippen LogP contribution in [0.25, 0.3) is 0 Å². The van der Waals surface area contributed by atoms with Crippen LogP contribution in [0.3, 0.4) is 0 Å². The zero-order valence-electron chi connectivity index (χ0n) is 11.8. The number of ether oxygens (including phenoxy) is 1. The van der Waals surface area contributed by atoms with E-state index in [-0.39, 0.29) is 0 Å². The van der Waals surface area contributed by atoms with E-state index in [1.807, 2.05) is 6.07 Å². The number of hydrogen-bond acceptors (Lipinski definition) is 2. The molecule has 1 atom stereocenters. The average molecular weight is 247 g/mol. The minimum absolute atomic E-state index is 0.494. The molecule has 18 heavy (non-hydrogen) atoms. The van der Waals surface area contributed by atoms with Crippen LogP contribution in [0.1, 0.15) is 46.5 Å². The van der Waals surface area contributed by atoms with E-state index in [1.54, 1.807) is 0 Å². The van der Waals surface area contributed by atoms with E-state index in [2.05, 4.69) is 44.3 Å². The van der Waals surface area contributed by atoms with Crippen molar-refractivity contribution >= 4 is 5.69 Å². The van der Waals surface area contributed by atoms with Crippen molar-refractivity contribution in [3.8, 4) is 5.75 Å². The van der Waals surface area contributed by atoms with Gasteiger partial charge in [0.2, 0.25) is 0 Å². The Kier molecular flexibility index (Phi) is 4.15. The van der Waals surface area contributed by atoms with Crippen molar-refractivity contribution in [2.75, 3.05) is 11.9 Å². The predicted octanol–water partition coefficient (Wildman–Crippen LogP) is 4.47. The summed E-state index contributed by atoms with van der Waals surface area (Å²) in [5.74, 6) is 0.971. The molecule has 2 nitrogen and oxygen atoms in total. The molecule has 0 amide bonds. The van der Waals surface area contributed by atoms with Crippen LogP contribution in [0, 0.1) is 5.41 Å². The molecule has 2 heteroatoms. The first kappa shape index (κ1) is 13.3. The molecule has 1 saturated carbocycles. The first-order valence-electron chi connectivity index (χ1n) is 7.08. The Labute approximate surface area is 111 Å². The van der Waals surface area contributed by atoms with Gasteiger partial charge in [0.1, 0.15) is 5.75 Å². The summed E-state index contributed by atoms with van der Waals surface area (Å²) >= 11 is 0. The van der Waals surface area contributed by atoms with Crippen LogP contribution >= 0.6 is 0 Å². The highest BCUT2D eigenvalue weighted by Crippen LogP contribution is 2.38. The average Bonchev–Trinajstić information content (AvgIpc) is 2.66. The van der Waals surface area contributed by atoms with E-state index < -0.39 is 0 Å². The van der Waals surface area contributed by atoms with Gasteiger partial charge in [0, 0.05) is 17.8 Å². The van der Waals surface area contributed by atoms with E-state index in [0.29, 0.717) is 11.5 Å². The molecule has 0 spiro atoms. The van der Waals surface area contributed by atoms with Gasteiger partial charge in [0.25, 0.3) is 0 Å². The molecular weight excluding hydrogens is 222 g/mol. The summed E-state index contributed by atoms with van der Waals surface area (Å²) in [7, 11) is 0. The molecule has 1 aliphatic rings. The molecular formula is C16H25NO. The van der Waals surface area contributed by atoms with Crippen LogP contribution in [0.5, 0.6) is 5.75 Å². The minimum Gasteiger partial charge on any atom is -0.494 e. The Balaban J connectivity index is 1.93. The monoisotopic (exact) mass is 247 g/mol. The quantitative estimate of drug-likeness (QED) is 0.829. The fourth-order valence-corrected chi connectivity index (χ4v) is 2.69. The van der Waals surface area contributed by atoms with Gasteiger partial charge in [-0.15, -0.1) is 0 Å². The Bertz CT molecular complexity index is 386. The minimum atomic E-state index is 0.494. The Morgan fingerprint density at radius 2 is 2.22 bits per heavy atom. The van der Waals surface area contributed by atoms with Crippen LogP contribution in [0.4, 0.5) is 5.69 Å². The van der Waals surface area contributed by atoms with Gasteiger partial charge in [-0.3, -0.25) is 0 Å². The normalized spacial score (nSPS) is 21.8. The lowest BCUT2D eigenvalue weighted by Crippen LogP contribution is -2.17. The molecule has 100 valence electrons. The summed E-state index contributed by atoms with van der Waals surface area (Å²) < 4.78 is 5.66. The van der Waals surface area contributed by atoms with Crippen LogP contribution in [0.2, 0.25) is 0 Å². The number of hydrogen-bond donors (Lipinski definition) is 1. The topological polar surface area (TPSA) is 21.3 Å². The molecule has 0 aliphatic heterocycles. The van der Waals surface area contributed by atoms with Gasteiger partial charge in [-0.25, -0.2) is 0 Å². The molecule has 1 aliphatic carbocycles. The first-order chi connectivity index (χ1) is 8.59. The molecule has 0 bridgehead atoms. The summed E-state index contributed by atoms with van der Waals surface area (Å²) in [4.78, 5) is 0. The first-order valence-corrected chi connectivity index (χ1v) is 7.08. The lowest BCUT2D eigenvalue weighted by atomic mass is 9.92. The van der Waals surface area contributed by atoms with Crippen molar-refractivity contribution < 1.29 is 4.74 Å². The zero-order chi connectivity index (χ0) is 13.0. The van der Waals surface area contributed by atoms with Crippen LogP contribution < -0.4 is 10.1 Å². The third-order valence-electron chi connectivity index (χ3n) is 3.65. The van der Waals surface area contributed by atoms with Gasteiger partial charge in [-0.2, -0.15) is 0 Å². The molecule has 1 N–H and O–H groups in total. The molecule has 1 aromatic rings. The highest BCUT2D eigenvalue weighted by atomic mass is 16.5. The van der Waals surface area contributed by atoms with Gasteiger partial charge < -0.3 is 10.1 Å². The molecule has 1 fully saturated rings. The second kappa shape index (κ2) is 5.64. The number of benzene rings is 1. The standard InChI is InChI=1S/C16H25NO/c1-4-10-18-15-7-5-6-13(11-15)17-14-8-9-16(2,3)12-14/h5-7,11,14,17H,4,8-10,12H2,1-3H3. The summed E-state index contributed by atoms with van der Waals surface area (Å²) in [6.07, 6.45) is 4.89. The predicted molar refractivity (Wildman–Crippen MR) is 77.3 cm³/mol. The summed E-state index contributed by atoms with van der Waals surface area (Å²) in [5, 5.41) is 3.63. The lowest BCUT2D eigenvalue weighted by Gasteiger charge is -2.19. The number of nitrogens with one attached hydrogen (secondary N) is 1. The Morgan fingerprint density at radius 1 is 1.39 bits per heavy atom. The number of anilines is 1. The highest BCUT2D eigenvalue weighted by molar-refractivity contribution is 5.49. The smallest absolute Gasteiger partial charge is 0.121 e. The third kappa shape index (κ3) is 3.66. The second-order valence-electron chi connectivity index (χ2n) is 6.12. The summed E-state index contributed by atoms with van der Waals surface area (Å²) in [6, 6.07) is 8.94. The van der Waals surface area contributed by atoms with Crippen molar-refractivity contribution in [3.05, 3.63) is 24.3 Å². The lowest BCUT2D eigenvalue weighted by molar-refractivity contribution is 0.317. The van der Waals surface area contributed by atoms with Crippen molar-refractivity contribution in [3.63, 3.8) is 0 Å². The fraction of sp³-hybridized carbons (Fsp3) is 0.625. The molecule has 0 heterocycles. The van der Waals surface area contributed by atoms with Gasteiger partial charge >= 0.3 is 0 Å². The maximum atomic E-state index is 5.66. The molecule has 1 aromatic carbocycles. The van der Waals surface area contributed by atoms with Crippen LogP contribution in [-0.2, 0) is 0 Å². The molecule has 0 saturated heterocycles. The zero-order valence-corrected chi connectivity index (χ0v) is 11.8. The van der Waals surface area contributed by atoms with E-state index in [9.17, 15) is 0 Å². The molecule has 1 unspecified atom stereocenters. The molecule has 0 radical (unpaired) electrons. The van der Waals surface area contributed by atoms with Crippen LogP contribution in [0.15, 0.2) is 24.3 Å². The summed E-state index contributed by atoms with van der Waals surface area (Å²) in [6.45, 7) is 7.63. The van der Waals surface area contributed by atoms with E-state index in [1.165, 1.54) is 24.9 Å². The number of rotatable bonds is 5. The van der Waals surface area contributed by atoms with Gasteiger partial charge in [0.05, 0.1) is 6.61 Å². The molecule has 2 rings (SSSR count). The van der Waals surface area contributed by atoms with Gasteiger partial charge in [0.15, 0.2) is 0 Å². The van der Waals surface area contributed by atoms with E-state index in [0.717, 1.165) is 18.8 Å². The highest BCUT2D eigenvalue weighted by Gasteiger charge is 2.30.